The van der Waals surface area contributed by atoms with E-state index < -0.39 is 17.5 Å². The van der Waals surface area contributed by atoms with Gasteiger partial charge in [0, 0.05) is 12.3 Å². The smallest absolute Gasteiger partial charge is 0.373 e. The molecular weight excluding hydrogens is 303 g/mol. The fourth-order valence-corrected chi connectivity index (χ4v) is 1.89. The summed E-state index contributed by atoms with van der Waals surface area (Å²) >= 11 is 0. The van der Waals surface area contributed by atoms with Crippen LogP contribution in [0.25, 0.3) is 0 Å². The number of allylic oxidation sites excluding steroid dienone is 1. The molecule has 1 heterocycles. The standard InChI is InChI=1S/C16H15FN2O4/c1-2-23-16(22)15(21)9-14(20)13-7-8-18-19(13)10-11-3-5-12(17)6-4-11/h3-9,21H,2,10H2,1H3/b15-9-. The summed E-state index contributed by atoms with van der Waals surface area (Å²) < 4.78 is 18.9. The van der Waals surface area contributed by atoms with E-state index in [0.29, 0.717) is 0 Å². The van der Waals surface area contributed by atoms with E-state index in [4.69, 9.17) is 0 Å². The highest BCUT2D eigenvalue weighted by molar-refractivity contribution is 6.06. The molecular formula is C16H15FN2O4. The van der Waals surface area contributed by atoms with Gasteiger partial charge in [-0.05, 0) is 30.7 Å². The molecule has 0 radical (unpaired) electrons. The first-order chi connectivity index (χ1) is 11.0. The number of carbonyl (C=O) groups is 2. The maximum Gasteiger partial charge on any atom is 0.373 e. The van der Waals surface area contributed by atoms with Crippen LogP contribution < -0.4 is 0 Å². The van der Waals surface area contributed by atoms with Crippen LogP contribution in [-0.2, 0) is 16.1 Å². The molecule has 0 amide bonds. The van der Waals surface area contributed by atoms with E-state index in [1.807, 2.05) is 0 Å². The second-order valence-corrected chi connectivity index (χ2v) is 4.61. The van der Waals surface area contributed by atoms with Gasteiger partial charge in [-0.3, -0.25) is 9.48 Å². The molecule has 0 saturated heterocycles. The van der Waals surface area contributed by atoms with Crippen LogP contribution in [0.15, 0.2) is 48.4 Å². The number of aliphatic hydroxyl groups is 1. The van der Waals surface area contributed by atoms with Crippen LogP contribution >= 0.6 is 0 Å². The quantitative estimate of drug-likeness (QED) is 0.382. The molecule has 1 aromatic heterocycles. The minimum Gasteiger partial charge on any atom is -0.502 e. The molecule has 0 bridgehead atoms. The van der Waals surface area contributed by atoms with Crippen LogP contribution in [0.4, 0.5) is 4.39 Å². The first kappa shape index (κ1) is 16.4. The number of nitrogens with zero attached hydrogens (tertiary/aromatic N) is 2. The Kier molecular flexibility index (Phi) is 5.24. The molecule has 6 nitrogen and oxygen atoms in total. The second kappa shape index (κ2) is 7.35. The van der Waals surface area contributed by atoms with Crippen LogP contribution in [0.3, 0.4) is 0 Å². The molecule has 0 unspecified atom stereocenters. The molecule has 0 aliphatic rings. The number of halogens is 1. The monoisotopic (exact) mass is 318 g/mol. The number of hydrogen-bond acceptors (Lipinski definition) is 5. The molecule has 23 heavy (non-hydrogen) atoms. The summed E-state index contributed by atoms with van der Waals surface area (Å²) in [4.78, 5) is 23.4. The van der Waals surface area contributed by atoms with Gasteiger partial charge in [-0.1, -0.05) is 12.1 Å². The van der Waals surface area contributed by atoms with Gasteiger partial charge in [0.15, 0.2) is 0 Å². The lowest BCUT2D eigenvalue weighted by Crippen LogP contribution is -2.13. The van der Waals surface area contributed by atoms with Crippen molar-refractivity contribution in [3.8, 4) is 0 Å². The SMILES string of the molecule is CCOC(=O)/C(O)=C/C(=O)c1ccnn1Cc1ccc(F)cc1. The number of esters is 1. The topological polar surface area (TPSA) is 81.4 Å². The van der Waals surface area contributed by atoms with E-state index in [1.165, 1.54) is 29.1 Å². The number of aromatic nitrogens is 2. The summed E-state index contributed by atoms with van der Waals surface area (Å²) in [5.74, 6) is -2.68. The Morgan fingerprint density at radius 1 is 1.30 bits per heavy atom. The van der Waals surface area contributed by atoms with Crippen molar-refractivity contribution in [2.45, 2.75) is 13.5 Å². The van der Waals surface area contributed by atoms with Crippen LogP contribution in [0.5, 0.6) is 0 Å². The number of hydrogen-bond donors (Lipinski definition) is 1. The Labute approximate surface area is 131 Å². The van der Waals surface area contributed by atoms with Crippen molar-refractivity contribution in [1.82, 2.24) is 9.78 Å². The summed E-state index contributed by atoms with van der Waals surface area (Å²) in [6.45, 7) is 1.93. The normalized spacial score (nSPS) is 11.3. The van der Waals surface area contributed by atoms with Crippen molar-refractivity contribution < 1.29 is 23.8 Å². The van der Waals surface area contributed by atoms with Gasteiger partial charge in [0.2, 0.25) is 11.5 Å². The Bertz CT molecular complexity index is 735. The van der Waals surface area contributed by atoms with Crippen molar-refractivity contribution in [2.24, 2.45) is 0 Å². The van der Waals surface area contributed by atoms with Gasteiger partial charge in [0.25, 0.3) is 0 Å². The van der Waals surface area contributed by atoms with E-state index in [9.17, 15) is 19.1 Å². The summed E-state index contributed by atoms with van der Waals surface area (Å²) in [5, 5.41) is 13.5. The lowest BCUT2D eigenvalue weighted by atomic mass is 10.2. The first-order valence-corrected chi connectivity index (χ1v) is 6.89. The fourth-order valence-electron chi connectivity index (χ4n) is 1.89. The largest absolute Gasteiger partial charge is 0.502 e. The molecule has 2 rings (SSSR count). The van der Waals surface area contributed by atoms with E-state index in [1.54, 1.807) is 19.1 Å². The highest BCUT2D eigenvalue weighted by atomic mass is 19.1. The molecule has 0 saturated carbocycles. The highest BCUT2D eigenvalue weighted by Crippen LogP contribution is 2.09. The zero-order chi connectivity index (χ0) is 16.8. The lowest BCUT2D eigenvalue weighted by molar-refractivity contribution is -0.141. The van der Waals surface area contributed by atoms with Crippen molar-refractivity contribution in [1.29, 1.82) is 0 Å². The number of benzene rings is 1. The molecule has 1 N–H and O–H groups in total. The third-order valence-corrected chi connectivity index (χ3v) is 2.97. The fraction of sp³-hybridized carbons (Fsp3) is 0.188. The number of carbonyl (C=O) groups excluding carboxylic acids is 2. The van der Waals surface area contributed by atoms with Crippen LogP contribution in [0.1, 0.15) is 23.0 Å². The van der Waals surface area contributed by atoms with Gasteiger partial charge in [-0.15, -0.1) is 0 Å². The van der Waals surface area contributed by atoms with Gasteiger partial charge in [-0.2, -0.15) is 5.10 Å². The number of rotatable bonds is 6. The van der Waals surface area contributed by atoms with Crippen molar-refractivity contribution in [3.63, 3.8) is 0 Å². The molecule has 1 aromatic carbocycles. The predicted octanol–water partition coefficient (Wildman–Crippen LogP) is 2.26. The number of ketones is 1. The van der Waals surface area contributed by atoms with E-state index in [0.717, 1.165) is 11.6 Å². The van der Waals surface area contributed by atoms with E-state index in [-0.39, 0.29) is 24.7 Å². The summed E-state index contributed by atoms with van der Waals surface area (Å²) in [6, 6.07) is 7.24. The summed E-state index contributed by atoms with van der Waals surface area (Å²) in [5.41, 5.74) is 0.938. The van der Waals surface area contributed by atoms with Crippen LogP contribution in [-0.4, -0.2) is 33.2 Å². The van der Waals surface area contributed by atoms with Gasteiger partial charge in [0.05, 0.1) is 13.2 Å². The van der Waals surface area contributed by atoms with E-state index >= 15 is 0 Å². The molecule has 2 aromatic rings. The highest BCUT2D eigenvalue weighted by Gasteiger charge is 2.15. The predicted molar refractivity (Wildman–Crippen MR) is 79.4 cm³/mol. The number of aliphatic hydroxyl groups excluding tert-OH is 1. The third kappa shape index (κ3) is 4.26. The van der Waals surface area contributed by atoms with Gasteiger partial charge >= 0.3 is 5.97 Å². The maximum absolute atomic E-state index is 12.9. The molecule has 7 heteroatoms. The Hall–Kier alpha value is -2.96. The first-order valence-electron chi connectivity index (χ1n) is 6.89. The molecule has 120 valence electrons. The Balaban J connectivity index is 2.17. The number of ether oxygens (including phenoxy) is 1. The molecule has 0 fully saturated rings. The minimum absolute atomic E-state index is 0.0907. The van der Waals surface area contributed by atoms with Crippen molar-refractivity contribution in [3.05, 3.63) is 65.4 Å². The molecule has 0 spiro atoms. The average molecular weight is 318 g/mol. The average Bonchev–Trinajstić information content (AvgIpc) is 2.98. The van der Waals surface area contributed by atoms with Gasteiger partial charge < -0.3 is 9.84 Å². The summed E-state index contributed by atoms with van der Waals surface area (Å²) in [7, 11) is 0. The van der Waals surface area contributed by atoms with Gasteiger partial charge in [-0.25, -0.2) is 9.18 Å². The Morgan fingerprint density at radius 2 is 2.00 bits per heavy atom. The summed E-state index contributed by atoms with van der Waals surface area (Å²) in [6.07, 6.45) is 2.21. The molecule has 0 atom stereocenters. The zero-order valence-corrected chi connectivity index (χ0v) is 12.4. The van der Waals surface area contributed by atoms with Crippen LogP contribution in [0, 0.1) is 5.82 Å². The lowest BCUT2D eigenvalue weighted by Gasteiger charge is -2.06. The third-order valence-electron chi connectivity index (χ3n) is 2.97. The van der Waals surface area contributed by atoms with Crippen molar-refractivity contribution in [2.75, 3.05) is 6.61 Å². The maximum atomic E-state index is 12.9. The van der Waals surface area contributed by atoms with Crippen LogP contribution in [0.2, 0.25) is 0 Å². The second-order valence-electron chi connectivity index (χ2n) is 4.61. The van der Waals surface area contributed by atoms with Gasteiger partial charge in [0.1, 0.15) is 11.5 Å². The Morgan fingerprint density at radius 3 is 2.65 bits per heavy atom. The van der Waals surface area contributed by atoms with E-state index in [2.05, 4.69) is 9.84 Å². The van der Waals surface area contributed by atoms with Crippen molar-refractivity contribution >= 4 is 11.8 Å². The molecule has 0 aliphatic carbocycles. The minimum atomic E-state index is -0.967. The molecule has 0 aliphatic heterocycles. The zero-order valence-electron chi connectivity index (χ0n) is 12.4.